The molecule has 1 fully saturated rings. The highest BCUT2D eigenvalue weighted by Crippen LogP contribution is 2.42. The molecule has 1 saturated carbocycles. The van der Waals surface area contributed by atoms with Crippen molar-refractivity contribution in [1.82, 2.24) is 0 Å². The van der Waals surface area contributed by atoms with Gasteiger partial charge in [0.15, 0.2) is 0 Å². The molecule has 16 heavy (non-hydrogen) atoms. The van der Waals surface area contributed by atoms with Crippen LogP contribution in [0.1, 0.15) is 29.9 Å². The first-order valence-corrected chi connectivity index (χ1v) is 5.01. The fraction of sp³-hybridized carbons (Fsp3) is 0.333. The van der Waals surface area contributed by atoms with Crippen LogP contribution in [0.5, 0.6) is 5.75 Å². The average Bonchev–Trinajstić information content (AvgIpc) is 2.97. The van der Waals surface area contributed by atoms with Crippen molar-refractivity contribution in [2.45, 2.75) is 25.1 Å². The molecule has 1 aromatic carbocycles. The van der Waals surface area contributed by atoms with Gasteiger partial charge in [0.2, 0.25) is 0 Å². The monoisotopic (exact) mass is 228 g/mol. The fourth-order valence-corrected chi connectivity index (χ4v) is 1.61. The van der Waals surface area contributed by atoms with E-state index >= 15 is 0 Å². The second-order valence-electron chi connectivity index (χ2n) is 3.86. The Kier molecular flexibility index (Phi) is 2.66. The van der Waals surface area contributed by atoms with E-state index in [9.17, 15) is 13.2 Å². The van der Waals surface area contributed by atoms with Gasteiger partial charge in [-0.25, -0.2) is 0 Å². The van der Waals surface area contributed by atoms with Gasteiger partial charge >= 0.3 is 6.36 Å². The summed E-state index contributed by atoms with van der Waals surface area (Å²) in [6.45, 7) is 3.55. The maximum absolute atomic E-state index is 12.1. The van der Waals surface area contributed by atoms with Gasteiger partial charge in [0, 0.05) is 0 Å². The number of benzene rings is 1. The molecule has 2 rings (SSSR count). The quantitative estimate of drug-likeness (QED) is 0.756. The summed E-state index contributed by atoms with van der Waals surface area (Å²) in [5.41, 5.74) is 1.56. The standard InChI is InChI=1S/C12H11F3O/c1-2-8-5-10(9-3-4-9)7-11(6-8)16-12(13,14)15/h2,5-7,9H,1,3-4H2. The predicted octanol–water partition coefficient (Wildman–Crippen LogP) is 4.11. The fourth-order valence-electron chi connectivity index (χ4n) is 1.61. The van der Waals surface area contributed by atoms with Crippen LogP contribution < -0.4 is 4.74 Å². The highest BCUT2D eigenvalue weighted by Gasteiger charge is 2.32. The van der Waals surface area contributed by atoms with E-state index in [0.717, 1.165) is 18.4 Å². The first-order valence-electron chi connectivity index (χ1n) is 5.01. The van der Waals surface area contributed by atoms with E-state index < -0.39 is 6.36 Å². The molecule has 4 heteroatoms. The minimum atomic E-state index is -4.64. The van der Waals surface area contributed by atoms with Crippen LogP contribution in [0.4, 0.5) is 13.2 Å². The maximum atomic E-state index is 12.1. The number of ether oxygens (including phenoxy) is 1. The third kappa shape index (κ3) is 2.78. The third-order valence-corrected chi connectivity index (χ3v) is 2.47. The lowest BCUT2D eigenvalue weighted by Gasteiger charge is -2.11. The van der Waals surface area contributed by atoms with Crippen molar-refractivity contribution in [3.8, 4) is 5.75 Å². The molecule has 0 aromatic heterocycles. The summed E-state index contributed by atoms with van der Waals surface area (Å²) in [6.07, 6.45) is -1.05. The van der Waals surface area contributed by atoms with E-state index in [0.29, 0.717) is 11.5 Å². The van der Waals surface area contributed by atoms with Gasteiger partial charge in [-0.1, -0.05) is 18.7 Å². The zero-order chi connectivity index (χ0) is 11.8. The Labute approximate surface area is 91.5 Å². The predicted molar refractivity (Wildman–Crippen MR) is 55.2 cm³/mol. The highest BCUT2D eigenvalue weighted by molar-refractivity contribution is 5.53. The lowest BCUT2D eigenvalue weighted by molar-refractivity contribution is -0.274. The van der Waals surface area contributed by atoms with Crippen LogP contribution >= 0.6 is 0 Å². The molecule has 0 spiro atoms. The molecule has 1 aliphatic carbocycles. The molecule has 0 aliphatic heterocycles. The second kappa shape index (κ2) is 3.85. The molecule has 0 radical (unpaired) electrons. The molecule has 0 unspecified atom stereocenters. The summed E-state index contributed by atoms with van der Waals surface area (Å²) in [5.74, 6) is 0.224. The lowest BCUT2D eigenvalue weighted by Crippen LogP contribution is -2.17. The van der Waals surface area contributed by atoms with Crippen molar-refractivity contribution in [2.75, 3.05) is 0 Å². The second-order valence-corrected chi connectivity index (χ2v) is 3.86. The summed E-state index contributed by atoms with van der Waals surface area (Å²) in [4.78, 5) is 0. The van der Waals surface area contributed by atoms with Gasteiger partial charge in [-0.2, -0.15) is 0 Å². The van der Waals surface area contributed by atoms with Crippen LogP contribution in [0.25, 0.3) is 6.08 Å². The minimum Gasteiger partial charge on any atom is -0.406 e. The van der Waals surface area contributed by atoms with Crippen LogP contribution in [0.3, 0.4) is 0 Å². The van der Waals surface area contributed by atoms with Crippen molar-refractivity contribution >= 4 is 6.08 Å². The number of alkyl halides is 3. The number of hydrogen-bond donors (Lipinski definition) is 0. The van der Waals surface area contributed by atoms with E-state index in [1.807, 2.05) is 6.07 Å². The maximum Gasteiger partial charge on any atom is 0.573 e. The van der Waals surface area contributed by atoms with Crippen LogP contribution in [-0.4, -0.2) is 6.36 Å². The number of rotatable bonds is 3. The van der Waals surface area contributed by atoms with Crippen LogP contribution in [0, 0.1) is 0 Å². The molecule has 0 N–H and O–H groups in total. The first-order chi connectivity index (χ1) is 7.48. The van der Waals surface area contributed by atoms with Gasteiger partial charge in [-0.15, -0.1) is 13.2 Å². The number of hydrogen-bond acceptors (Lipinski definition) is 1. The van der Waals surface area contributed by atoms with Crippen molar-refractivity contribution < 1.29 is 17.9 Å². The Hall–Kier alpha value is -1.45. The van der Waals surface area contributed by atoms with E-state index in [1.54, 1.807) is 0 Å². The summed E-state index contributed by atoms with van der Waals surface area (Å²) in [7, 11) is 0. The van der Waals surface area contributed by atoms with Gasteiger partial charge in [0.1, 0.15) is 5.75 Å². The topological polar surface area (TPSA) is 9.23 Å². The van der Waals surface area contributed by atoms with E-state index in [2.05, 4.69) is 11.3 Å². The Balaban J connectivity index is 2.29. The summed E-state index contributed by atoms with van der Waals surface area (Å²) < 4.78 is 40.1. The first kappa shape index (κ1) is 11.0. The Bertz CT molecular complexity index is 405. The molecular weight excluding hydrogens is 217 g/mol. The Morgan fingerprint density at radius 1 is 1.25 bits per heavy atom. The van der Waals surface area contributed by atoms with Gasteiger partial charge in [0.25, 0.3) is 0 Å². The van der Waals surface area contributed by atoms with Gasteiger partial charge in [-0.05, 0) is 42.0 Å². The van der Waals surface area contributed by atoms with Gasteiger partial charge < -0.3 is 4.74 Å². The SMILES string of the molecule is C=Cc1cc(OC(F)(F)F)cc(C2CC2)c1. The Morgan fingerprint density at radius 3 is 2.44 bits per heavy atom. The van der Waals surface area contributed by atoms with E-state index in [-0.39, 0.29) is 5.75 Å². The van der Waals surface area contributed by atoms with Gasteiger partial charge in [0.05, 0.1) is 0 Å². The molecular formula is C12H11F3O. The van der Waals surface area contributed by atoms with Crippen LogP contribution in [0.2, 0.25) is 0 Å². The van der Waals surface area contributed by atoms with Crippen molar-refractivity contribution in [3.63, 3.8) is 0 Å². The largest absolute Gasteiger partial charge is 0.573 e. The highest BCUT2D eigenvalue weighted by atomic mass is 19.4. The van der Waals surface area contributed by atoms with Gasteiger partial charge in [-0.3, -0.25) is 0 Å². The lowest BCUT2D eigenvalue weighted by atomic mass is 10.1. The van der Waals surface area contributed by atoms with Crippen LogP contribution in [0.15, 0.2) is 24.8 Å². The molecule has 0 atom stereocenters. The molecule has 0 amide bonds. The summed E-state index contributed by atoms with van der Waals surface area (Å²) in [5, 5.41) is 0. The smallest absolute Gasteiger partial charge is 0.406 e. The third-order valence-electron chi connectivity index (χ3n) is 2.47. The molecule has 1 nitrogen and oxygen atoms in total. The summed E-state index contributed by atoms with van der Waals surface area (Å²) >= 11 is 0. The molecule has 0 heterocycles. The normalized spacial score (nSPS) is 15.9. The zero-order valence-electron chi connectivity index (χ0n) is 8.55. The molecule has 1 aliphatic rings. The van der Waals surface area contributed by atoms with Crippen molar-refractivity contribution in [2.24, 2.45) is 0 Å². The Morgan fingerprint density at radius 2 is 1.94 bits per heavy atom. The average molecular weight is 228 g/mol. The minimum absolute atomic E-state index is 0.160. The van der Waals surface area contributed by atoms with Crippen molar-refractivity contribution in [1.29, 1.82) is 0 Å². The van der Waals surface area contributed by atoms with E-state index in [1.165, 1.54) is 18.2 Å². The molecule has 1 aromatic rings. The molecule has 0 saturated heterocycles. The van der Waals surface area contributed by atoms with E-state index in [4.69, 9.17) is 0 Å². The molecule has 0 bridgehead atoms. The zero-order valence-corrected chi connectivity index (χ0v) is 8.55. The van der Waals surface area contributed by atoms with Crippen molar-refractivity contribution in [3.05, 3.63) is 35.9 Å². The summed E-state index contributed by atoms with van der Waals surface area (Å²) in [6, 6.07) is 4.65. The van der Waals surface area contributed by atoms with Crippen LogP contribution in [-0.2, 0) is 0 Å². The number of halogens is 3. The molecule has 86 valence electrons.